The van der Waals surface area contributed by atoms with Crippen molar-refractivity contribution in [1.82, 2.24) is 5.32 Å². The minimum Gasteiger partial charge on any atom is -0.489 e. The Balaban J connectivity index is 2.03. The third-order valence-corrected chi connectivity index (χ3v) is 3.19. The molecule has 1 atom stereocenters. The van der Waals surface area contributed by atoms with E-state index in [0.717, 1.165) is 5.56 Å². The summed E-state index contributed by atoms with van der Waals surface area (Å²) in [5.74, 6) is 0.274. The van der Waals surface area contributed by atoms with Gasteiger partial charge in [-0.1, -0.05) is 24.3 Å². The molecule has 1 amide bonds. The van der Waals surface area contributed by atoms with Crippen molar-refractivity contribution in [3.8, 4) is 11.8 Å². The Kier molecular flexibility index (Phi) is 5.73. The number of nitrogens with zero attached hydrogens (tertiary/aromatic N) is 1. The first-order chi connectivity index (χ1) is 11.1. The predicted octanol–water partition coefficient (Wildman–Crippen LogP) is 2.25. The molecule has 0 unspecified atom stereocenters. The fourth-order valence-electron chi connectivity index (χ4n) is 1.99. The van der Waals surface area contributed by atoms with Crippen LogP contribution in [0.25, 0.3) is 0 Å². The molecule has 118 valence electrons. The van der Waals surface area contributed by atoms with E-state index in [1.54, 1.807) is 43.3 Å². The Bertz CT molecular complexity index is 720. The van der Waals surface area contributed by atoms with Gasteiger partial charge >= 0.3 is 0 Å². The summed E-state index contributed by atoms with van der Waals surface area (Å²) >= 11 is 0. The molecule has 0 saturated heterocycles. The van der Waals surface area contributed by atoms with Crippen LogP contribution in [0.4, 0.5) is 0 Å². The second-order valence-electron chi connectivity index (χ2n) is 5.14. The summed E-state index contributed by atoms with van der Waals surface area (Å²) in [6.45, 7) is 2.05. The van der Waals surface area contributed by atoms with Gasteiger partial charge in [-0.05, 0) is 31.2 Å². The summed E-state index contributed by atoms with van der Waals surface area (Å²) in [6, 6.07) is 16.1. The SMILES string of the molecule is C[C@H](O)CNC(=O)c1cccc(OCc2ccccc2C#N)c1. The minimum absolute atomic E-state index is 0.194. The highest BCUT2D eigenvalue weighted by Crippen LogP contribution is 2.16. The Morgan fingerprint density at radius 3 is 2.83 bits per heavy atom. The molecule has 2 rings (SSSR count). The van der Waals surface area contributed by atoms with Crippen molar-refractivity contribution in [1.29, 1.82) is 5.26 Å². The third-order valence-electron chi connectivity index (χ3n) is 3.19. The number of nitrogens with one attached hydrogen (secondary N) is 1. The third kappa shape index (κ3) is 4.83. The smallest absolute Gasteiger partial charge is 0.251 e. The average molecular weight is 310 g/mol. The number of hydrogen-bond acceptors (Lipinski definition) is 4. The highest BCUT2D eigenvalue weighted by atomic mass is 16.5. The van der Waals surface area contributed by atoms with Gasteiger partial charge in [0.15, 0.2) is 0 Å². The second kappa shape index (κ2) is 7.97. The molecule has 2 N–H and O–H groups in total. The number of amides is 1. The van der Waals surface area contributed by atoms with Crippen LogP contribution in [0.2, 0.25) is 0 Å². The molecule has 5 nitrogen and oxygen atoms in total. The van der Waals surface area contributed by atoms with E-state index >= 15 is 0 Å². The molecule has 23 heavy (non-hydrogen) atoms. The lowest BCUT2D eigenvalue weighted by molar-refractivity contribution is 0.0923. The highest BCUT2D eigenvalue weighted by Gasteiger charge is 2.08. The van der Waals surface area contributed by atoms with Crippen LogP contribution in [-0.2, 0) is 6.61 Å². The zero-order valence-electron chi connectivity index (χ0n) is 12.8. The fourth-order valence-corrected chi connectivity index (χ4v) is 1.99. The van der Waals surface area contributed by atoms with E-state index in [-0.39, 0.29) is 19.1 Å². The van der Waals surface area contributed by atoms with Crippen molar-refractivity contribution in [2.75, 3.05) is 6.54 Å². The molecule has 0 saturated carbocycles. The first-order valence-corrected chi connectivity index (χ1v) is 7.27. The molecule has 0 heterocycles. The number of carbonyl (C=O) groups is 1. The van der Waals surface area contributed by atoms with Crippen molar-refractivity contribution in [3.05, 3.63) is 65.2 Å². The van der Waals surface area contributed by atoms with Crippen LogP contribution in [0.1, 0.15) is 28.4 Å². The van der Waals surface area contributed by atoms with E-state index in [9.17, 15) is 9.90 Å². The van der Waals surface area contributed by atoms with Crippen LogP contribution in [0.3, 0.4) is 0 Å². The van der Waals surface area contributed by atoms with Crippen LogP contribution in [0.15, 0.2) is 48.5 Å². The Hall–Kier alpha value is -2.84. The van der Waals surface area contributed by atoms with E-state index in [0.29, 0.717) is 16.9 Å². The Labute approximate surface area is 135 Å². The monoisotopic (exact) mass is 310 g/mol. The molecule has 2 aromatic rings. The molecular weight excluding hydrogens is 292 g/mol. The maximum absolute atomic E-state index is 12.0. The van der Waals surface area contributed by atoms with E-state index in [1.165, 1.54) is 0 Å². The van der Waals surface area contributed by atoms with Crippen molar-refractivity contribution in [2.45, 2.75) is 19.6 Å². The average Bonchev–Trinajstić information content (AvgIpc) is 2.58. The Morgan fingerprint density at radius 1 is 1.30 bits per heavy atom. The maximum atomic E-state index is 12.0. The fraction of sp³-hybridized carbons (Fsp3) is 0.222. The van der Waals surface area contributed by atoms with Gasteiger partial charge in [0.1, 0.15) is 12.4 Å². The summed E-state index contributed by atoms with van der Waals surface area (Å²) in [6.07, 6.45) is -0.596. The van der Waals surface area contributed by atoms with Crippen LogP contribution in [-0.4, -0.2) is 23.7 Å². The van der Waals surface area contributed by atoms with E-state index in [1.807, 2.05) is 12.1 Å². The minimum atomic E-state index is -0.596. The first-order valence-electron chi connectivity index (χ1n) is 7.27. The number of nitriles is 1. The van der Waals surface area contributed by atoms with Crippen LogP contribution in [0.5, 0.6) is 5.75 Å². The molecule has 0 aliphatic rings. The predicted molar refractivity (Wildman–Crippen MR) is 85.9 cm³/mol. The van der Waals surface area contributed by atoms with Gasteiger partial charge in [0.25, 0.3) is 5.91 Å². The van der Waals surface area contributed by atoms with E-state index in [4.69, 9.17) is 10.00 Å². The van der Waals surface area contributed by atoms with Crippen molar-refractivity contribution < 1.29 is 14.6 Å². The molecule has 0 aliphatic heterocycles. The molecule has 0 aromatic heterocycles. The molecule has 0 spiro atoms. The second-order valence-corrected chi connectivity index (χ2v) is 5.14. The Morgan fingerprint density at radius 2 is 2.09 bits per heavy atom. The lowest BCUT2D eigenvalue weighted by Gasteiger charge is -2.10. The number of aliphatic hydroxyl groups is 1. The highest BCUT2D eigenvalue weighted by molar-refractivity contribution is 5.94. The van der Waals surface area contributed by atoms with Crippen LogP contribution in [0, 0.1) is 11.3 Å². The topological polar surface area (TPSA) is 82.3 Å². The first kappa shape index (κ1) is 16.5. The van der Waals surface area contributed by atoms with Gasteiger partial charge in [-0.15, -0.1) is 0 Å². The molecule has 0 fully saturated rings. The summed E-state index contributed by atoms with van der Waals surface area (Å²) in [5, 5.41) is 20.9. The zero-order chi connectivity index (χ0) is 16.7. The van der Waals surface area contributed by atoms with Gasteiger partial charge in [-0.3, -0.25) is 4.79 Å². The summed E-state index contributed by atoms with van der Waals surface area (Å²) in [4.78, 5) is 12.0. The van der Waals surface area contributed by atoms with Gasteiger partial charge in [0, 0.05) is 17.7 Å². The van der Waals surface area contributed by atoms with Gasteiger partial charge in [0.05, 0.1) is 17.7 Å². The van der Waals surface area contributed by atoms with Crippen LogP contribution >= 0.6 is 0 Å². The van der Waals surface area contributed by atoms with Crippen molar-refractivity contribution in [3.63, 3.8) is 0 Å². The summed E-state index contributed by atoms with van der Waals surface area (Å²) in [5.41, 5.74) is 1.81. The lowest BCUT2D eigenvalue weighted by Crippen LogP contribution is -2.30. The van der Waals surface area contributed by atoms with Gasteiger partial charge in [-0.2, -0.15) is 5.26 Å². The molecular formula is C18H18N2O3. The molecule has 0 aliphatic carbocycles. The number of aliphatic hydroxyl groups excluding tert-OH is 1. The van der Waals surface area contributed by atoms with Crippen molar-refractivity contribution in [2.24, 2.45) is 0 Å². The quantitative estimate of drug-likeness (QED) is 0.857. The van der Waals surface area contributed by atoms with Crippen LogP contribution < -0.4 is 10.1 Å². The lowest BCUT2D eigenvalue weighted by atomic mass is 10.1. The van der Waals surface area contributed by atoms with Gasteiger partial charge < -0.3 is 15.2 Å². The van der Waals surface area contributed by atoms with E-state index in [2.05, 4.69) is 11.4 Å². The number of benzene rings is 2. The number of ether oxygens (including phenoxy) is 1. The molecule has 5 heteroatoms. The zero-order valence-corrected chi connectivity index (χ0v) is 12.8. The standard InChI is InChI=1S/C18H18N2O3/c1-13(21)11-20-18(22)14-7-4-8-17(9-14)23-12-16-6-3-2-5-15(16)10-19/h2-9,13,21H,11-12H2,1H3,(H,20,22)/t13-/m0/s1. The molecule has 0 bridgehead atoms. The van der Waals surface area contributed by atoms with Gasteiger partial charge in [-0.25, -0.2) is 0 Å². The summed E-state index contributed by atoms with van der Waals surface area (Å²) in [7, 11) is 0. The number of rotatable bonds is 6. The van der Waals surface area contributed by atoms with Crippen molar-refractivity contribution >= 4 is 5.91 Å². The number of hydrogen-bond donors (Lipinski definition) is 2. The maximum Gasteiger partial charge on any atom is 0.251 e. The van der Waals surface area contributed by atoms with Gasteiger partial charge in [0.2, 0.25) is 0 Å². The number of carbonyl (C=O) groups excluding carboxylic acids is 1. The normalized spacial score (nSPS) is 11.3. The largest absolute Gasteiger partial charge is 0.489 e. The summed E-state index contributed by atoms with van der Waals surface area (Å²) < 4.78 is 5.67. The molecule has 0 radical (unpaired) electrons. The molecule has 2 aromatic carbocycles. The van der Waals surface area contributed by atoms with E-state index < -0.39 is 6.10 Å².